The molecule has 0 aromatic carbocycles. The van der Waals surface area contributed by atoms with E-state index >= 15 is 0 Å². The summed E-state index contributed by atoms with van der Waals surface area (Å²) in [6.07, 6.45) is 0. The normalized spacial score (nSPS) is 11.4. The molecular formula is C20H36O8S. The summed E-state index contributed by atoms with van der Waals surface area (Å²) in [7, 11) is 3.31. The van der Waals surface area contributed by atoms with Crippen LogP contribution in [0.25, 0.3) is 0 Å². The molecule has 0 fully saturated rings. The van der Waals surface area contributed by atoms with Crippen LogP contribution in [0.2, 0.25) is 0 Å². The maximum Gasteiger partial charge on any atom is 0.0810 e. The van der Waals surface area contributed by atoms with Gasteiger partial charge >= 0.3 is 0 Å². The van der Waals surface area contributed by atoms with Gasteiger partial charge in [-0.3, -0.25) is 0 Å². The molecule has 0 aliphatic heterocycles. The van der Waals surface area contributed by atoms with Crippen molar-refractivity contribution in [3.05, 3.63) is 21.9 Å². The van der Waals surface area contributed by atoms with Crippen LogP contribution < -0.4 is 0 Å². The third-order valence-corrected chi connectivity index (χ3v) is 4.59. The van der Waals surface area contributed by atoms with Gasteiger partial charge in [0.15, 0.2) is 0 Å². The van der Waals surface area contributed by atoms with Gasteiger partial charge in [0, 0.05) is 24.0 Å². The van der Waals surface area contributed by atoms with Crippen molar-refractivity contribution in [3.63, 3.8) is 0 Å². The van der Waals surface area contributed by atoms with E-state index < -0.39 is 0 Å². The molecule has 0 spiro atoms. The zero-order chi connectivity index (χ0) is 20.8. The molecule has 170 valence electrons. The van der Waals surface area contributed by atoms with Crippen LogP contribution in [0.15, 0.2) is 12.1 Å². The van der Waals surface area contributed by atoms with Gasteiger partial charge in [0.25, 0.3) is 0 Å². The second kappa shape index (κ2) is 20.6. The molecule has 29 heavy (non-hydrogen) atoms. The zero-order valence-electron chi connectivity index (χ0n) is 17.7. The Balaban J connectivity index is 1.88. The van der Waals surface area contributed by atoms with Crippen LogP contribution in [0.1, 0.15) is 9.75 Å². The number of hydrogen-bond donors (Lipinski definition) is 0. The molecule has 0 saturated carbocycles. The molecule has 0 aliphatic carbocycles. The second-order valence-corrected chi connectivity index (χ2v) is 7.16. The van der Waals surface area contributed by atoms with Gasteiger partial charge in [-0.15, -0.1) is 11.3 Å². The lowest BCUT2D eigenvalue weighted by Crippen LogP contribution is -2.11. The Morgan fingerprint density at radius 2 is 0.793 bits per heavy atom. The molecule has 1 aromatic rings. The lowest BCUT2D eigenvalue weighted by Gasteiger charge is -2.06. The Labute approximate surface area is 178 Å². The van der Waals surface area contributed by atoms with Crippen molar-refractivity contribution < 1.29 is 37.9 Å². The van der Waals surface area contributed by atoms with Gasteiger partial charge in [0.05, 0.1) is 92.5 Å². The highest BCUT2D eigenvalue weighted by molar-refractivity contribution is 7.11. The Morgan fingerprint density at radius 1 is 0.483 bits per heavy atom. The minimum absolute atomic E-state index is 0.562. The monoisotopic (exact) mass is 436 g/mol. The van der Waals surface area contributed by atoms with Crippen LogP contribution in [0, 0.1) is 0 Å². The molecule has 0 bridgehead atoms. The average molecular weight is 437 g/mol. The maximum atomic E-state index is 5.63. The fourth-order valence-corrected chi connectivity index (χ4v) is 2.98. The van der Waals surface area contributed by atoms with E-state index in [1.54, 1.807) is 25.6 Å². The van der Waals surface area contributed by atoms with Crippen molar-refractivity contribution in [2.24, 2.45) is 0 Å². The van der Waals surface area contributed by atoms with Crippen molar-refractivity contribution in [1.29, 1.82) is 0 Å². The molecule has 1 rings (SSSR count). The standard InChI is InChI=1S/C20H36O8S/c1-21-5-7-23-9-11-25-13-15-27-17-19-3-4-20(29-19)18-28-16-14-26-12-10-24-8-6-22-2/h3-4H,5-18H2,1-2H3. The van der Waals surface area contributed by atoms with Crippen molar-refractivity contribution >= 4 is 11.3 Å². The molecule has 1 aromatic heterocycles. The van der Waals surface area contributed by atoms with E-state index in [1.165, 1.54) is 9.75 Å². The highest BCUT2D eigenvalue weighted by Gasteiger charge is 2.01. The van der Waals surface area contributed by atoms with Crippen LogP contribution in [0.4, 0.5) is 0 Å². The quantitative estimate of drug-likeness (QED) is 0.256. The number of rotatable bonds is 22. The van der Waals surface area contributed by atoms with E-state index in [0.29, 0.717) is 92.5 Å². The molecule has 0 unspecified atom stereocenters. The largest absolute Gasteiger partial charge is 0.382 e. The van der Waals surface area contributed by atoms with E-state index in [0.717, 1.165) is 0 Å². The molecule has 8 nitrogen and oxygen atoms in total. The lowest BCUT2D eigenvalue weighted by atomic mass is 10.4. The molecule has 0 aliphatic rings. The number of thiophene rings is 1. The first-order valence-electron chi connectivity index (χ1n) is 9.88. The summed E-state index contributed by atoms with van der Waals surface area (Å²) in [5.41, 5.74) is 0. The maximum absolute atomic E-state index is 5.63. The van der Waals surface area contributed by atoms with E-state index in [-0.39, 0.29) is 0 Å². The molecule has 1 heterocycles. The molecule has 9 heteroatoms. The van der Waals surface area contributed by atoms with Crippen LogP contribution in [0.3, 0.4) is 0 Å². The van der Waals surface area contributed by atoms with Crippen molar-refractivity contribution in [2.45, 2.75) is 13.2 Å². The summed E-state index contributed by atoms with van der Waals surface area (Å²) in [5, 5.41) is 0. The van der Waals surface area contributed by atoms with Crippen molar-refractivity contribution in [3.8, 4) is 0 Å². The first-order valence-corrected chi connectivity index (χ1v) is 10.7. The predicted octanol–water partition coefficient (Wildman–Crippen LogP) is 2.14. The van der Waals surface area contributed by atoms with Gasteiger partial charge < -0.3 is 37.9 Å². The van der Waals surface area contributed by atoms with Crippen LogP contribution in [-0.2, 0) is 51.1 Å². The Morgan fingerprint density at radius 3 is 1.14 bits per heavy atom. The molecule has 0 saturated heterocycles. The number of methoxy groups -OCH3 is 2. The third kappa shape index (κ3) is 16.8. The van der Waals surface area contributed by atoms with Crippen molar-refractivity contribution in [1.82, 2.24) is 0 Å². The molecule has 0 atom stereocenters. The fraction of sp³-hybridized carbons (Fsp3) is 0.800. The van der Waals surface area contributed by atoms with Gasteiger partial charge in [0.1, 0.15) is 0 Å². The summed E-state index contributed by atoms with van der Waals surface area (Å²) in [6, 6.07) is 4.14. The summed E-state index contributed by atoms with van der Waals surface area (Å²) < 4.78 is 42.6. The Hall–Kier alpha value is -0.620. The first-order chi connectivity index (χ1) is 14.4. The topological polar surface area (TPSA) is 73.8 Å². The predicted molar refractivity (Wildman–Crippen MR) is 111 cm³/mol. The average Bonchev–Trinajstić information content (AvgIpc) is 3.18. The van der Waals surface area contributed by atoms with Crippen LogP contribution >= 0.6 is 11.3 Å². The van der Waals surface area contributed by atoms with E-state index in [2.05, 4.69) is 12.1 Å². The minimum atomic E-state index is 0.562. The van der Waals surface area contributed by atoms with Gasteiger partial charge in [-0.1, -0.05) is 0 Å². The van der Waals surface area contributed by atoms with Crippen LogP contribution in [0.5, 0.6) is 0 Å². The Kier molecular flexibility index (Phi) is 18.8. The van der Waals surface area contributed by atoms with Crippen molar-refractivity contribution in [2.75, 3.05) is 93.5 Å². The minimum Gasteiger partial charge on any atom is -0.382 e. The first kappa shape index (κ1) is 26.4. The van der Waals surface area contributed by atoms with Gasteiger partial charge in [0.2, 0.25) is 0 Å². The smallest absolute Gasteiger partial charge is 0.0810 e. The molecule has 0 amide bonds. The summed E-state index contributed by atoms with van der Waals surface area (Å²) in [4.78, 5) is 2.35. The second-order valence-electron chi connectivity index (χ2n) is 5.91. The Bertz CT molecular complexity index is 419. The van der Waals surface area contributed by atoms with E-state index in [9.17, 15) is 0 Å². The highest BCUT2D eigenvalue weighted by Crippen LogP contribution is 2.18. The third-order valence-electron chi connectivity index (χ3n) is 3.56. The number of hydrogen-bond acceptors (Lipinski definition) is 9. The van der Waals surface area contributed by atoms with Gasteiger partial charge in [-0.05, 0) is 12.1 Å². The highest BCUT2D eigenvalue weighted by atomic mass is 32.1. The zero-order valence-corrected chi connectivity index (χ0v) is 18.5. The summed E-state index contributed by atoms with van der Waals surface area (Å²) >= 11 is 1.70. The molecular weight excluding hydrogens is 400 g/mol. The fourth-order valence-electron chi connectivity index (χ4n) is 2.09. The summed E-state index contributed by atoms with van der Waals surface area (Å²) in [6.45, 7) is 8.12. The SMILES string of the molecule is COCCOCCOCCOCc1ccc(COCCOCCOCCOC)s1. The van der Waals surface area contributed by atoms with Gasteiger partial charge in [-0.25, -0.2) is 0 Å². The lowest BCUT2D eigenvalue weighted by molar-refractivity contribution is 0.00107. The van der Waals surface area contributed by atoms with E-state index in [1.807, 2.05) is 0 Å². The van der Waals surface area contributed by atoms with Gasteiger partial charge in [-0.2, -0.15) is 0 Å². The number of ether oxygens (including phenoxy) is 8. The van der Waals surface area contributed by atoms with E-state index in [4.69, 9.17) is 37.9 Å². The summed E-state index contributed by atoms with van der Waals surface area (Å²) in [5.74, 6) is 0. The molecule has 0 radical (unpaired) electrons. The van der Waals surface area contributed by atoms with Crippen LogP contribution in [-0.4, -0.2) is 93.5 Å². The molecule has 0 N–H and O–H groups in total.